The van der Waals surface area contributed by atoms with Gasteiger partial charge in [0, 0.05) is 29.3 Å². The summed E-state index contributed by atoms with van der Waals surface area (Å²) in [6.45, 7) is 2.11. The molecule has 0 aliphatic rings. The van der Waals surface area contributed by atoms with E-state index in [9.17, 15) is 14.9 Å². The fraction of sp³-hybridized carbons (Fsp3) is 0.143. The largest absolute Gasteiger partial charge is 0.287 e. The van der Waals surface area contributed by atoms with Crippen LogP contribution >= 0.6 is 0 Å². The lowest BCUT2D eigenvalue weighted by Crippen LogP contribution is -2.37. The SMILES string of the molecule is Cc1ccc[n+](CC(=O)c2cccc([N+](=O)[O-])c2)c1. The minimum Gasteiger partial charge on any atom is -0.287 e. The molecule has 0 aliphatic carbocycles. The van der Waals surface area contributed by atoms with E-state index in [1.54, 1.807) is 16.8 Å². The van der Waals surface area contributed by atoms with Crippen molar-refractivity contribution in [1.29, 1.82) is 0 Å². The zero-order valence-corrected chi connectivity index (χ0v) is 10.4. The second kappa shape index (κ2) is 5.39. The summed E-state index contributed by atoms with van der Waals surface area (Å²) in [6, 6.07) is 9.58. The topological polar surface area (TPSA) is 64.1 Å². The van der Waals surface area contributed by atoms with E-state index >= 15 is 0 Å². The summed E-state index contributed by atoms with van der Waals surface area (Å²) in [5.74, 6) is -0.153. The van der Waals surface area contributed by atoms with Crippen molar-refractivity contribution in [1.82, 2.24) is 0 Å². The molecule has 5 heteroatoms. The van der Waals surface area contributed by atoms with E-state index in [0.29, 0.717) is 5.56 Å². The van der Waals surface area contributed by atoms with Gasteiger partial charge in [-0.1, -0.05) is 12.1 Å². The Morgan fingerprint density at radius 1 is 1.32 bits per heavy atom. The van der Waals surface area contributed by atoms with Crippen LogP contribution in [0.5, 0.6) is 0 Å². The van der Waals surface area contributed by atoms with Gasteiger partial charge < -0.3 is 0 Å². The van der Waals surface area contributed by atoms with E-state index in [0.717, 1.165) is 5.56 Å². The zero-order chi connectivity index (χ0) is 13.8. The number of aromatic nitrogens is 1. The average Bonchev–Trinajstić information content (AvgIpc) is 2.39. The number of carbonyl (C=O) groups excluding carboxylic acids is 1. The summed E-state index contributed by atoms with van der Waals surface area (Å²) in [6.07, 6.45) is 3.65. The van der Waals surface area contributed by atoms with E-state index in [4.69, 9.17) is 0 Å². The van der Waals surface area contributed by atoms with Gasteiger partial charge in [0.05, 0.1) is 4.92 Å². The van der Waals surface area contributed by atoms with Crippen molar-refractivity contribution in [3.63, 3.8) is 0 Å². The molecular formula is C14H13N2O3+. The predicted molar refractivity (Wildman–Crippen MR) is 68.8 cm³/mol. The van der Waals surface area contributed by atoms with E-state index in [-0.39, 0.29) is 18.0 Å². The lowest BCUT2D eigenvalue weighted by molar-refractivity contribution is -0.683. The maximum atomic E-state index is 12.1. The number of benzene rings is 1. The summed E-state index contributed by atoms with van der Waals surface area (Å²) in [7, 11) is 0. The van der Waals surface area contributed by atoms with Gasteiger partial charge in [-0.2, -0.15) is 4.57 Å². The summed E-state index contributed by atoms with van der Waals surface area (Å²) in [5.41, 5.74) is 1.33. The zero-order valence-electron chi connectivity index (χ0n) is 10.4. The molecular weight excluding hydrogens is 244 g/mol. The van der Waals surface area contributed by atoms with Crippen LogP contribution in [-0.4, -0.2) is 10.7 Å². The molecule has 5 nitrogen and oxygen atoms in total. The minimum atomic E-state index is -0.503. The van der Waals surface area contributed by atoms with Crippen molar-refractivity contribution in [3.8, 4) is 0 Å². The van der Waals surface area contributed by atoms with E-state index < -0.39 is 4.92 Å². The number of nitro benzene ring substituents is 1. The Balaban J connectivity index is 2.20. The molecule has 2 rings (SSSR count). The Morgan fingerprint density at radius 3 is 2.79 bits per heavy atom. The number of nitro groups is 1. The molecule has 1 aromatic carbocycles. The molecule has 1 heterocycles. The first-order valence-electron chi connectivity index (χ1n) is 5.79. The number of ketones is 1. The highest BCUT2D eigenvalue weighted by Gasteiger charge is 2.15. The summed E-state index contributed by atoms with van der Waals surface area (Å²) >= 11 is 0. The van der Waals surface area contributed by atoms with Crippen LogP contribution in [0.2, 0.25) is 0 Å². The number of nitrogens with zero attached hydrogens (tertiary/aromatic N) is 2. The minimum absolute atomic E-state index is 0.0694. The number of non-ortho nitro benzene ring substituents is 1. The van der Waals surface area contributed by atoms with Crippen molar-refractivity contribution >= 4 is 11.5 Å². The lowest BCUT2D eigenvalue weighted by Gasteiger charge is -1.99. The summed E-state index contributed by atoms with van der Waals surface area (Å²) < 4.78 is 1.76. The normalized spacial score (nSPS) is 10.2. The monoisotopic (exact) mass is 257 g/mol. The van der Waals surface area contributed by atoms with Crippen LogP contribution in [-0.2, 0) is 6.54 Å². The van der Waals surface area contributed by atoms with Gasteiger partial charge in [-0.3, -0.25) is 14.9 Å². The van der Waals surface area contributed by atoms with Crippen molar-refractivity contribution in [3.05, 3.63) is 70.0 Å². The Morgan fingerprint density at radius 2 is 2.11 bits per heavy atom. The fourth-order valence-electron chi connectivity index (χ4n) is 1.80. The number of pyridine rings is 1. The van der Waals surface area contributed by atoms with Crippen molar-refractivity contribution in [2.75, 3.05) is 0 Å². The molecule has 0 saturated heterocycles. The van der Waals surface area contributed by atoms with Gasteiger partial charge in [0.2, 0.25) is 12.3 Å². The quantitative estimate of drug-likeness (QED) is 0.364. The average molecular weight is 257 g/mol. The van der Waals surface area contributed by atoms with Crippen LogP contribution in [0.3, 0.4) is 0 Å². The van der Waals surface area contributed by atoms with E-state index in [1.807, 2.05) is 25.3 Å². The van der Waals surface area contributed by atoms with Gasteiger partial charge >= 0.3 is 0 Å². The van der Waals surface area contributed by atoms with Crippen molar-refractivity contribution in [2.24, 2.45) is 0 Å². The molecule has 0 fully saturated rings. The van der Waals surface area contributed by atoms with Crippen LogP contribution in [0.4, 0.5) is 5.69 Å². The van der Waals surface area contributed by atoms with Gasteiger partial charge in [-0.25, -0.2) is 0 Å². The Labute approximate surface area is 110 Å². The number of rotatable bonds is 4. The predicted octanol–water partition coefficient (Wildman–Crippen LogP) is 2.07. The number of carbonyl (C=O) groups is 1. The maximum Gasteiger partial charge on any atom is 0.270 e. The van der Waals surface area contributed by atoms with Crippen molar-refractivity contribution < 1.29 is 14.3 Å². The third-order valence-electron chi connectivity index (χ3n) is 2.71. The second-order valence-corrected chi connectivity index (χ2v) is 4.28. The molecule has 0 unspecified atom stereocenters. The Hall–Kier alpha value is -2.56. The molecule has 19 heavy (non-hydrogen) atoms. The van der Waals surface area contributed by atoms with Gasteiger partial charge in [0.25, 0.3) is 5.69 Å². The second-order valence-electron chi connectivity index (χ2n) is 4.28. The van der Waals surface area contributed by atoms with Crippen LogP contribution in [0.25, 0.3) is 0 Å². The Bertz CT molecular complexity index is 638. The molecule has 0 saturated carbocycles. The first kappa shape index (κ1) is 12.9. The molecule has 2 aromatic rings. The third kappa shape index (κ3) is 3.22. The molecule has 0 N–H and O–H groups in total. The highest BCUT2D eigenvalue weighted by molar-refractivity contribution is 5.95. The molecule has 0 aliphatic heterocycles. The first-order valence-corrected chi connectivity index (χ1v) is 5.79. The molecule has 0 spiro atoms. The molecule has 1 aromatic heterocycles. The van der Waals surface area contributed by atoms with Gasteiger partial charge in [0.15, 0.2) is 12.4 Å². The Kier molecular flexibility index (Phi) is 3.66. The lowest BCUT2D eigenvalue weighted by atomic mass is 10.1. The van der Waals surface area contributed by atoms with Crippen LogP contribution in [0.15, 0.2) is 48.8 Å². The van der Waals surface area contributed by atoms with E-state index in [1.165, 1.54) is 18.2 Å². The van der Waals surface area contributed by atoms with Gasteiger partial charge in [-0.15, -0.1) is 0 Å². The number of hydrogen-bond donors (Lipinski definition) is 0. The molecule has 96 valence electrons. The molecule has 0 atom stereocenters. The third-order valence-corrected chi connectivity index (χ3v) is 2.71. The molecule has 0 radical (unpaired) electrons. The number of Topliss-reactive ketones (excluding diaryl/α,β-unsaturated/α-hetero) is 1. The fourth-order valence-corrected chi connectivity index (χ4v) is 1.80. The van der Waals surface area contributed by atoms with Gasteiger partial charge in [-0.05, 0) is 13.0 Å². The number of hydrogen-bond acceptors (Lipinski definition) is 3. The van der Waals surface area contributed by atoms with Crippen molar-refractivity contribution in [2.45, 2.75) is 13.5 Å². The highest BCUT2D eigenvalue weighted by Crippen LogP contribution is 2.13. The smallest absolute Gasteiger partial charge is 0.270 e. The van der Waals surface area contributed by atoms with Crippen LogP contribution in [0.1, 0.15) is 15.9 Å². The molecule has 0 amide bonds. The number of aryl methyl sites for hydroxylation is 1. The summed E-state index contributed by atoms with van der Waals surface area (Å²) in [5, 5.41) is 10.7. The van der Waals surface area contributed by atoms with Crippen LogP contribution < -0.4 is 4.57 Å². The summed E-state index contributed by atoms with van der Waals surface area (Å²) in [4.78, 5) is 22.2. The van der Waals surface area contributed by atoms with Crippen LogP contribution in [0, 0.1) is 17.0 Å². The standard InChI is InChI=1S/C14H13N2O3/c1-11-4-3-7-15(9-11)10-14(17)12-5-2-6-13(8-12)16(18)19/h2-9H,10H2,1H3/q+1. The maximum absolute atomic E-state index is 12.1. The molecule has 0 bridgehead atoms. The van der Waals surface area contributed by atoms with Gasteiger partial charge in [0.1, 0.15) is 0 Å². The van der Waals surface area contributed by atoms with E-state index in [2.05, 4.69) is 0 Å². The highest BCUT2D eigenvalue weighted by atomic mass is 16.6. The first-order chi connectivity index (χ1) is 9.06.